The topological polar surface area (TPSA) is 73.2 Å². The van der Waals surface area contributed by atoms with Crippen LogP contribution in [0.5, 0.6) is 0 Å². The first-order valence-electron chi connectivity index (χ1n) is 10.6. The fraction of sp³-hybridized carbons (Fsp3) is 0.192. The Morgan fingerprint density at radius 2 is 1.79 bits per heavy atom. The molecule has 7 heteroatoms. The Morgan fingerprint density at radius 3 is 2.48 bits per heavy atom. The number of nitrogens with zero attached hydrogens (tertiary/aromatic N) is 2. The Morgan fingerprint density at radius 1 is 1.06 bits per heavy atom. The highest BCUT2D eigenvalue weighted by Crippen LogP contribution is 2.30. The van der Waals surface area contributed by atoms with Crippen molar-refractivity contribution in [2.75, 3.05) is 12.4 Å². The molecule has 4 aromatic rings. The monoisotopic (exact) mass is 459 g/mol. The summed E-state index contributed by atoms with van der Waals surface area (Å²) in [7, 11) is 1.37. The van der Waals surface area contributed by atoms with Crippen molar-refractivity contribution in [1.82, 2.24) is 9.55 Å². The Bertz CT molecular complexity index is 1320. The lowest BCUT2D eigenvalue weighted by molar-refractivity contribution is -0.115. The number of thiazole rings is 1. The summed E-state index contributed by atoms with van der Waals surface area (Å²) in [6, 6.07) is 17.1. The van der Waals surface area contributed by atoms with Gasteiger partial charge in [-0.1, -0.05) is 18.2 Å². The van der Waals surface area contributed by atoms with Crippen molar-refractivity contribution >= 4 is 28.9 Å². The first kappa shape index (κ1) is 22.5. The van der Waals surface area contributed by atoms with Crippen LogP contribution < -0.4 is 5.32 Å². The van der Waals surface area contributed by atoms with Crippen LogP contribution in [-0.4, -0.2) is 28.5 Å². The number of aromatic nitrogens is 2. The van der Waals surface area contributed by atoms with Gasteiger partial charge in [0.2, 0.25) is 5.91 Å². The molecule has 0 saturated carbocycles. The lowest BCUT2D eigenvalue weighted by Crippen LogP contribution is -2.14. The van der Waals surface area contributed by atoms with Crippen molar-refractivity contribution < 1.29 is 14.3 Å². The Balaban J connectivity index is 1.53. The summed E-state index contributed by atoms with van der Waals surface area (Å²) in [6.45, 7) is 6.05. The van der Waals surface area contributed by atoms with Crippen molar-refractivity contribution in [2.24, 2.45) is 0 Å². The highest BCUT2D eigenvalue weighted by molar-refractivity contribution is 7.10. The van der Waals surface area contributed by atoms with E-state index >= 15 is 0 Å². The van der Waals surface area contributed by atoms with Gasteiger partial charge in [0.1, 0.15) is 5.01 Å². The molecule has 4 rings (SSSR count). The zero-order valence-electron chi connectivity index (χ0n) is 19.0. The van der Waals surface area contributed by atoms with Crippen LogP contribution in [0.3, 0.4) is 0 Å². The lowest BCUT2D eigenvalue weighted by atomic mass is 10.2. The van der Waals surface area contributed by atoms with Crippen LogP contribution in [0.2, 0.25) is 0 Å². The highest BCUT2D eigenvalue weighted by Gasteiger charge is 2.16. The van der Waals surface area contributed by atoms with Crippen LogP contribution in [0.4, 0.5) is 5.69 Å². The average Bonchev–Trinajstić information content (AvgIpc) is 3.38. The number of para-hydroxylation sites is 1. The summed E-state index contributed by atoms with van der Waals surface area (Å²) < 4.78 is 6.90. The van der Waals surface area contributed by atoms with Crippen LogP contribution in [0.15, 0.2) is 60.0 Å². The molecule has 0 radical (unpaired) electrons. The van der Waals surface area contributed by atoms with Crippen molar-refractivity contribution in [2.45, 2.75) is 27.2 Å². The van der Waals surface area contributed by atoms with Gasteiger partial charge in [-0.25, -0.2) is 9.78 Å². The molecule has 2 aromatic carbocycles. The Hall–Kier alpha value is -3.71. The molecule has 0 bridgehead atoms. The number of carbonyl (C=O) groups excluding carboxylic acids is 2. The maximum Gasteiger partial charge on any atom is 0.337 e. The van der Waals surface area contributed by atoms with Crippen LogP contribution in [0, 0.1) is 20.8 Å². The first-order valence-corrected chi connectivity index (χ1v) is 11.4. The number of carbonyl (C=O) groups is 2. The lowest BCUT2D eigenvalue weighted by Gasteiger charge is -2.10. The van der Waals surface area contributed by atoms with E-state index in [1.165, 1.54) is 18.4 Å². The number of aryl methyl sites for hydroxylation is 2. The molecule has 0 atom stereocenters. The molecule has 33 heavy (non-hydrogen) atoms. The molecule has 0 aliphatic heterocycles. The molecule has 0 fully saturated rings. The number of amides is 1. The van der Waals surface area contributed by atoms with Gasteiger partial charge in [-0.2, -0.15) is 0 Å². The van der Waals surface area contributed by atoms with E-state index in [2.05, 4.69) is 16.0 Å². The normalized spacial score (nSPS) is 10.8. The summed E-state index contributed by atoms with van der Waals surface area (Å²) in [5.74, 6) is -0.439. The molecular weight excluding hydrogens is 434 g/mol. The number of benzene rings is 2. The van der Waals surface area contributed by atoms with E-state index < -0.39 is 0 Å². The second kappa shape index (κ2) is 9.42. The SMILES string of the molecule is COC(=O)c1ccc(-n2c(C)cc(-c3csc(CC(=O)Nc4ccccc4C)n3)c2C)cc1. The van der Waals surface area contributed by atoms with Crippen LogP contribution >= 0.6 is 11.3 Å². The third-order valence-electron chi connectivity index (χ3n) is 5.54. The van der Waals surface area contributed by atoms with Gasteiger partial charge in [-0.05, 0) is 62.7 Å². The fourth-order valence-corrected chi connectivity index (χ4v) is 4.64. The third kappa shape index (κ3) is 4.73. The predicted molar refractivity (Wildman–Crippen MR) is 131 cm³/mol. The van der Waals surface area contributed by atoms with Gasteiger partial charge >= 0.3 is 5.97 Å². The van der Waals surface area contributed by atoms with E-state index in [0.717, 1.165) is 44.6 Å². The molecule has 0 aliphatic carbocycles. The molecule has 1 N–H and O–H groups in total. The first-order chi connectivity index (χ1) is 15.9. The van der Waals surface area contributed by atoms with Gasteiger partial charge in [-0.15, -0.1) is 11.3 Å². The number of rotatable bonds is 6. The molecule has 2 aromatic heterocycles. The standard InChI is InChI=1S/C26H25N3O3S/c1-16-7-5-6-8-22(16)27-24(30)14-25-28-23(15-33-25)21-13-17(2)29(18(21)3)20-11-9-19(10-12-20)26(31)32-4/h5-13,15H,14H2,1-4H3,(H,27,30). The van der Waals surface area contributed by atoms with E-state index in [4.69, 9.17) is 9.72 Å². The summed E-state index contributed by atoms with van der Waals surface area (Å²) in [4.78, 5) is 28.9. The minimum Gasteiger partial charge on any atom is -0.465 e. The minimum atomic E-state index is -0.357. The minimum absolute atomic E-state index is 0.0821. The van der Waals surface area contributed by atoms with E-state index in [0.29, 0.717) is 5.56 Å². The second-order valence-electron chi connectivity index (χ2n) is 7.83. The van der Waals surface area contributed by atoms with Gasteiger partial charge in [0.05, 0.1) is 24.8 Å². The van der Waals surface area contributed by atoms with Gasteiger partial charge in [0.15, 0.2) is 0 Å². The molecular formula is C26H25N3O3S. The second-order valence-corrected chi connectivity index (χ2v) is 8.77. The average molecular weight is 460 g/mol. The quantitative estimate of drug-likeness (QED) is 0.387. The Kier molecular flexibility index (Phi) is 6.42. The van der Waals surface area contributed by atoms with Crippen LogP contribution in [-0.2, 0) is 16.0 Å². The molecule has 0 saturated heterocycles. The summed E-state index contributed by atoms with van der Waals surface area (Å²) in [6.07, 6.45) is 0.229. The summed E-state index contributed by atoms with van der Waals surface area (Å²) in [5, 5.41) is 5.72. The maximum atomic E-state index is 12.5. The zero-order chi connectivity index (χ0) is 23.5. The highest BCUT2D eigenvalue weighted by atomic mass is 32.1. The van der Waals surface area contributed by atoms with Crippen molar-refractivity contribution in [3.63, 3.8) is 0 Å². The van der Waals surface area contributed by atoms with Gasteiger partial charge in [0.25, 0.3) is 0 Å². The number of hydrogen-bond acceptors (Lipinski definition) is 5. The van der Waals surface area contributed by atoms with Gasteiger partial charge in [-0.3, -0.25) is 4.79 Å². The van der Waals surface area contributed by atoms with E-state index in [9.17, 15) is 9.59 Å². The molecule has 168 valence electrons. The smallest absolute Gasteiger partial charge is 0.337 e. The number of anilines is 1. The van der Waals surface area contributed by atoms with Crippen molar-refractivity contribution in [3.05, 3.63) is 87.5 Å². The van der Waals surface area contributed by atoms with Crippen LogP contribution in [0.1, 0.15) is 32.3 Å². The molecule has 0 aliphatic rings. The number of nitrogens with one attached hydrogen (secondary N) is 1. The molecule has 6 nitrogen and oxygen atoms in total. The summed E-state index contributed by atoms with van der Waals surface area (Å²) >= 11 is 1.48. The summed E-state index contributed by atoms with van der Waals surface area (Å²) in [5.41, 5.74) is 7.28. The third-order valence-corrected chi connectivity index (χ3v) is 6.39. The maximum absolute atomic E-state index is 12.5. The molecule has 0 unspecified atom stereocenters. The van der Waals surface area contributed by atoms with Crippen molar-refractivity contribution in [3.8, 4) is 16.9 Å². The largest absolute Gasteiger partial charge is 0.465 e. The molecule has 0 spiro atoms. The van der Waals surface area contributed by atoms with E-state index in [1.54, 1.807) is 12.1 Å². The number of ether oxygens (including phenoxy) is 1. The van der Waals surface area contributed by atoms with Crippen molar-refractivity contribution in [1.29, 1.82) is 0 Å². The number of methoxy groups -OCH3 is 1. The van der Waals surface area contributed by atoms with Gasteiger partial charge < -0.3 is 14.6 Å². The van der Waals surface area contributed by atoms with E-state index in [-0.39, 0.29) is 18.3 Å². The Labute approximate surface area is 196 Å². The van der Waals surface area contributed by atoms with Crippen LogP contribution in [0.25, 0.3) is 16.9 Å². The van der Waals surface area contributed by atoms with Gasteiger partial charge in [0, 0.05) is 33.7 Å². The zero-order valence-corrected chi connectivity index (χ0v) is 19.8. The number of hydrogen-bond donors (Lipinski definition) is 1. The van der Waals surface area contributed by atoms with E-state index in [1.807, 2.05) is 62.5 Å². The molecule has 1 amide bonds. The number of esters is 1. The predicted octanol–water partition coefficient (Wildman–Crippen LogP) is 5.49. The molecule has 2 heterocycles. The fourth-order valence-electron chi connectivity index (χ4n) is 3.84.